The smallest absolute Gasteiger partial charge is 0.379 e. The van der Waals surface area contributed by atoms with Gasteiger partial charge >= 0.3 is 6.18 Å². The lowest BCUT2D eigenvalue weighted by molar-refractivity contribution is -0.0610. The highest BCUT2D eigenvalue weighted by Gasteiger charge is 2.37. The number of halogens is 3. The minimum absolute atomic E-state index is 0.186. The molecule has 18 heavy (non-hydrogen) atoms. The summed E-state index contributed by atoms with van der Waals surface area (Å²) >= 11 is 0. The van der Waals surface area contributed by atoms with Crippen molar-refractivity contribution in [1.82, 2.24) is 0 Å². The molecule has 1 aromatic rings. The Bertz CT molecular complexity index is 498. The number of thiol groups is 1. The number of aryl methyl sites for hydroxylation is 1. The van der Waals surface area contributed by atoms with Gasteiger partial charge in [0.2, 0.25) is 5.94 Å². The molecule has 0 radical (unpaired) electrons. The van der Waals surface area contributed by atoms with Crippen molar-refractivity contribution in [2.75, 3.05) is 5.94 Å². The van der Waals surface area contributed by atoms with Crippen molar-refractivity contribution in [1.29, 1.82) is 0 Å². The number of hydrogen-bond acceptors (Lipinski definition) is 4. The van der Waals surface area contributed by atoms with E-state index in [9.17, 15) is 21.6 Å². The van der Waals surface area contributed by atoms with Crippen LogP contribution in [0.3, 0.4) is 0 Å². The van der Waals surface area contributed by atoms with E-state index in [2.05, 4.69) is 9.99 Å². The number of rotatable bonds is 4. The molecule has 0 aliphatic rings. The van der Waals surface area contributed by atoms with Gasteiger partial charge in [0.05, 0.1) is 0 Å². The van der Waals surface area contributed by atoms with Crippen molar-refractivity contribution in [3.63, 3.8) is 0 Å². The second kappa shape index (κ2) is 5.85. The first-order chi connectivity index (χ1) is 8.30. The quantitative estimate of drug-likeness (QED) is 0.520. The Morgan fingerprint density at radius 1 is 1.28 bits per heavy atom. The van der Waals surface area contributed by atoms with Gasteiger partial charge in [-0.15, -0.1) is 0 Å². The maximum absolute atomic E-state index is 12.7. The van der Waals surface area contributed by atoms with Crippen LogP contribution in [0, 0.1) is 6.92 Å². The molecule has 0 fully saturated rings. The molecular formula is C10H10F3NO3S. The summed E-state index contributed by atoms with van der Waals surface area (Å²) in [5.74, 6) is -0.888. The van der Waals surface area contributed by atoms with Crippen LogP contribution in [0.5, 0.6) is 0 Å². The van der Waals surface area contributed by atoms with Crippen LogP contribution in [0.15, 0.2) is 29.4 Å². The molecule has 1 rings (SSSR count). The Morgan fingerprint density at radius 3 is 2.28 bits per heavy atom. The number of alkyl halides is 3. The molecule has 0 unspecified atom stereocenters. The Balaban J connectivity index is 3.02. The summed E-state index contributed by atoms with van der Waals surface area (Å²) < 4.78 is 58.4. The molecule has 0 saturated carbocycles. The average Bonchev–Trinajstić information content (AvgIpc) is 2.24. The lowest BCUT2D eigenvalue weighted by atomic mass is 10.1. The molecule has 0 spiro atoms. The van der Waals surface area contributed by atoms with Gasteiger partial charge in [-0.1, -0.05) is 35.0 Å². The fourth-order valence-corrected chi connectivity index (χ4v) is 1.27. The molecule has 0 bridgehead atoms. The van der Waals surface area contributed by atoms with Gasteiger partial charge in [0.25, 0.3) is 0 Å². The van der Waals surface area contributed by atoms with Crippen LogP contribution in [0.2, 0.25) is 0 Å². The van der Waals surface area contributed by atoms with Crippen molar-refractivity contribution in [3.05, 3.63) is 35.4 Å². The van der Waals surface area contributed by atoms with Gasteiger partial charge in [-0.2, -0.15) is 13.2 Å². The van der Waals surface area contributed by atoms with Crippen LogP contribution in [-0.4, -0.2) is 26.2 Å². The molecule has 0 aliphatic heterocycles. The Hall–Kier alpha value is -1.57. The highest BCUT2D eigenvalue weighted by atomic mass is 32.2. The summed E-state index contributed by atoms with van der Waals surface area (Å²) in [6, 6.07) is 5.46. The van der Waals surface area contributed by atoms with E-state index in [1.807, 2.05) is 0 Å². The first-order valence-electron chi connectivity index (χ1n) is 4.76. The highest BCUT2D eigenvalue weighted by Crippen LogP contribution is 2.23. The predicted molar refractivity (Wildman–Crippen MR) is 60.0 cm³/mol. The zero-order chi connectivity index (χ0) is 13.8. The fourth-order valence-electron chi connectivity index (χ4n) is 1.12. The molecule has 4 nitrogen and oxygen atoms in total. The maximum atomic E-state index is 12.7. The third-order valence-corrected chi connectivity index (χ3v) is 2.24. The second-order valence-corrected chi connectivity index (χ2v) is 4.32. The molecule has 0 aliphatic carbocycles. The molecule has 0 atom stereocenters. The molecule has 0 aromatic heterocycles. The summed E-state index contributed by atoms with van der Waals surface area (Å²) in [5.41, 5.74) is -0.655. The van der Waals surface area contributed by atoms with Gasteiger partial charge in [0.15, 0.2) is 16.4 Å². The van der Waals surface area contributed by atoms with E-state index in [1.165, 1.54) is 24.3 Å². The molecule has 0 saturated heterocycles. The molecule has 8 heteroatoms. The Morgan fingerprint density at radius 2 is 1.83 bits per heavy atom. The SMILES string of the molecule is Cc1ccc(C(=NOC[SH](=O)=O)C(F)(F)F)cc1. The van der Waals surface area contributed by atoms with Crippen LogP contribution in [0.25, 0.3) is 0 Å². The monoisotopic (exact) mass is 281 g/mol. The molecule has 0 amide bonds. The van der Waals surface area contributed by atoms with Gasteiger partial charge in [-0.3, -0.25) is 0 Å². The summed E-state index contributed by atoms with van der Waals surface area (Å²) in [7, 11) is -2.94. The van der Waals surface area contributed by atoms with E-state index in [0.29, 0.717) is 0 Å². The largest absolute Gasteiger partial charge is 0.437 e. The normalized spacial score (nSPS) is 12.8. The van der Waals surface area contributed by atoms with Crippen molar-refractivity contribution >= 4 is 16.4 Å². The summed E-state index contributed by atoms with van der Waals surface area (Å²) in [6.45, 7) is 1.73. The van der Waals surface area contributed by atoms with E-state index >= 15 is 0 Å². The third kappa shape index (κ3) is 4.36. The van der Waals surface area contributed by atoms with E-state index < -0.39 is 28.5 Å². The van der Waals surface area contributed by atoms with Gasteiger partial charge < -0.3 is 4.84 Å². The molecular weight excluding hydrogens is 271 g/mol. The Kier molecular flexibility index (Phi) is 4.71. The van der Waals surface area contributed by atoms with Crippen molar-refractivity contribution < 1.29 is 26.4 Å². The van der Waals surface area contributed by atoms with Gasteiger partial charge in [0, 0.05) is 5.56 Å². The molecule has 0 N–H and O–H groups in total. The van der Waals surface area contributed by atoms with Crippen LogP contribution in [0.1, 0.15) is 11.1 Å². The summed E-state index contributed by atoms with van der Waals surface area (Å²) in [6.07, 6.45) is -4.72. The number of oxime groups is 1. The van der Waals surface area contributed by atoms with E-state index in [1.54, 1.807) is 6.92 Å². The zero-order valence-electron chi connectivity index (χ0n) is 9.27. The molecule has 0 heterocycles. The highest BCUT2D eigenvalue weighted by molar-refractivity contribution is 7.72. The topological polar surface area (TPSA) is 55.7 Å². The van der Waals surface area contributed by atoms with E-state index in [0.717, 1.165) is 5.56 Å². The number of benzene rings is 1. The van der Waals surface area contributed by atoms with Crippen molar-refractivity contribution in [2.45, 2.75) is 13.1 Å². The van der Waals surface area contributed by atoms with Crippen LogP contribution in [0.4, 0.5) is 13.2 Å². The summed E-state index contributed by atoms with van der Waals surface area (Å²) in [4.78, 5) is 4.14. The average molecular weight is 281 g/mol. The fraction of sp³-hybridized carbons (Fsp3) is 0.300. The predicted octanol–water partition coefficient (Wildman–Crippen LogP) is 1.85. The number of hydrogen-bond donors (Lipinski definition) is 1. The second-order valence-electron chi connectivity index (χ2n) is 3.39. The van der Waals surface area contributed by atoms with Crippen LogP contribution in [-0.2, 0) is 15.5 Å². The first-order valence-corrected chi connectivity index (χ1v) is 6.13. The minimum atomic E-state index is -4.72. The van der Waals surface area contributed by atoms with Gasteiger partial charge in [-0.25, -0.2) is 8.42 Å². The van der Waals surface area contributed by atoms with Crippen LogP contribution < -0.4 is 0 Å². The van der Waals surface area contributed by atoms with Gasteiger partial charge in [-0.05, 0) is 6.92 Å². The number of nitrogens with zero attached hydrogens (tertiary/aromatic N) is 1. The standard InChI is InChI=1S/C10H10F3NO3S/c1-7-2-4-8(5-3-7)9(10(11,12)13)14-17-6-18(15)16/h2-5,18H,6H2,1H3. The lowest BCUT2D eigenvalue weighted by Gasteiger charge is -2.10. The molecule has 100 valence electrons. The van der Waals surface area contributed by atoms with E-state index in [-0.39, 0.29) is 5.56 Å². The third-order valence-electron chi connectivity index (χ3n) is 1.91. The zero-order valence-corrected chi connectivity index (χ0v) is 10.2. The summed E-state index contributed by atoms with van der Waals surface area (Å²) in [5, 5.41) is 2.84. The molecule has 1 aromatic carbocycles. The first kappa shape index (κ1) is 14.5. The van der Waals surface area contributed by atoms with Crippen molar-refractivity contribution in [3.8, 4) is 0 Å². The maximum Gasteiger partial charge on any atom is 0.437 e. The lowest BCUT2D eigenvalue weighted by Crippen LogP contribution is -2.24. The van der Waals surface area contributed by atoms with Gasteiger partial charge in [0.1, 0.15) is 0 Å². The van der Waals surface area contributed by atoms with Crippen molar-refractivity contribution in [2.24, 2.45) is 5.16 Å². The van der Waals surface area contributed by atoms with E-state index in [4.69, 9.17) is 0 Å². The Labute approximate surface area is 103 Å². The van der Waals surface area contributed by atoms with Crippen LogP contribution >= 0.6 is 0 Å². The minimum Gasteiger partial charge on any atom is -0.379 e.